The van der Waals surface area contributed by atoms with Crippen molar-refractivity contribution in [2.45, 2.75) is 38.8 Å². The van der Waals surface area contributed by atoms with Gasteiger partial charge in [-0.3, -0.25) is 14.0 Å². The van der Waals surface area contributed by atoms with Gasteiger partial charge in [-0.05, 0) is 81.9 Å². The minimum atomic E-state index is -3.63. The van der Waals surface area contributed by atoms with Crippen molar-refractivity contribution in [2.24, 2.45) is 0 Å². The smallest absolute Gasteiger partial charge is 0.232 e. The van der Waals surface area contributed by atoms with Crippen LogP contribution in [0.15, 0.2) is 102 Å². The molecule has 0 spiro atoms. The molecule has 0 amide bonds. The number of Topliss-reactive ketones (excluding diaryl/α,β-unsaturated/α-hetero) is 1. The Bertz CT molecular complexity index is 1930. The normalized spacial score (nSPS) is 13.1. The Kier molecular flexibility index (Phi) is 10.2. The number of hydrogen-bond donors (Lipinski definition) is 0. The number of hydrogen-bond acceptors (Lipinski definition) is 6. The van der Waals surface area contributed by atoms with E-state index < -0.39 is 10.0 Å². The Hall–Kier alpha value is -3.50. The molecule has 0 radical (unpaired) electrons. The van der Waals surface area contributed by atoms with E-state index >= 15 is 0 Å². The van der Waals surface area contributed by atoms with Crippen molar-refractivity contribution in [3.05, 3.63) is 129 Å². The first-order valence-electron chi connectivity index (χ1n) is 15.5. The van der Waals surface area contributed by atoms with E-state index in [1.54, 1.807) is 18.2 Å². The molecule has 6 rings (SSSR count). The molecule has 9 heteroatoms. The fourth-order valence-electron chi connectivity index (χ4n) is 6.01. The number of thiophene rings is 1. The molecule has 0 saturated heterocycles. The molecule has 0 saturated carbocycles. The third kappa shape index (κ3) is 7.72. The minimum Gasteiger partial charge on any atom is -0.491 e. The number of rotatable bonds is 13. The number of halogens is 1. The van der Waals surface area contributed by atoms with E-state index in [9.17, 15) is 13.2 Å². The number of ether oxygens (including phenoxy) is 1. The number of benzene rings is 4. The summed E-state index contributed by atoms with van der Waals surface area (Å²) in [5.41, 5.74) is 4.32. The van der Waals surface area contributed by atoms with Gasteiger partial charge in [0, 0.05) is 28.0 Å². The lowest BCUT2D eigenvalue weighted by Crippen LogP contribution is -2.33. The predicted molar refractivity (Wildman–Crippen MR) is 192 cm³/mol. The van der Waals surface area contributed by atoms with Gasteiger partial charge < -0.3 is 4.74 Å². The van der Waals surface area contributed by atoms with Crippen molar-refractivity contribution in [1.29, 1.82) is 0 Å². The van der Waals surface area contributed by atoms with Crippen LogP contribution in [0.3, 0.4) is 0 Å². The summed E-state index contributed by atoms with van der Waals surface area (Å²) in [7, 11) is -3.63. The Morgan fingerprint density at radius 1 is 0.870 bits per heavy atom. The van der Waals surface area contributed by atoms with Crippen LogP contribution < -0.4 is 9.04 Å². The highest BCUT2D eigenvalue weighted by Gasteiger charge is 2.23. The average molecular weight is 718 g/mol. The number of aryl methyl sites for hydroxylation is 2. The van der Waals surface area contributed by atoms with Crippen LogP contribution in [0.5, 0.6) is 5.75 Å². The standard InChI is InChI=1S/C37H37BrN2O4S2/c1-46(42,43)40(25-28-13-6-3-7-14-28)33-23-29(19-20-32(33)38)34(41)26-39(24-27-11-4-2-5-12-27)21-22-44-35-17-10-16-31-30-15-8-9-18-36(30)45-37(31)35/h2-7,10-14,16-17,19-20,23H,8-9,15,18,21-22,24-26H2,1H3. The number of carbonyl (C=O) groups excluding carboxylic acids is 1. The van der Waals surface area contributed by atoms with Crippen LogP contribution in [0.25, 0.3) is 10.1 Å². The second-order valence-electron chi connectivity index (χ2n) is 11.7. The summed E-state index contributed by atoms with van der Waals surface area (Å²) in [6.45, 7) is 1.89. The number of ketones is 1. The second kappa shape index (κ2) is 14.5. The van der Waals surface area contributed by atoms with E-state index in [2.05, 4.69) is 45.1 Å². The van der Waals surface area contributed by atoms with Gasteiger partial charge >= 0.3 is 0 Å². The van der Waals surface area contributed by atoms with E-state index in [4.69, 9.17) is 4.74 Å². The molecule has 0 aliphatic heterocycles. The lowest BCUT2D eigenvalue weighted by molar-refractivity contribution is 0.0912. The third-order valence-corrected chi connectivity index (χ3v) is 11.5. The highest BCUT2D eigenvalue weighted by molar-refractivity contribution is 9.10. The zero-order valence-electron chi connectivity index (χ0n) is 25.8. The molecule has 5 aromatic rings. The fourth-order valence-corrected chi connectivity index (χ4v) is 8.84. The van der Waals surface area contributed by atoms with Gasteiger partial charge in [-0.1, -0.05) is 78.9 Å². The van der Waals surface area contributed by atoms with E-state index in [0.29, 0.717) is 35.4 Å². The molecule has 1 aromatic heterocycles. The van der Waals surface area contributed by atoms with Gasteiger partial charge in [0.05, 0.1) is 29.7 Å². The summed E-state index contributed by atoms with van der Waals surface area (Å²) in [6.07, 6.45) is 5.96. The molecule has 46 heavy (non-hydrogen) atoms. The van der Waals surface area contributed by atoms with Crippen LogP contribution in [0, 0.1) is 0 Å². The van der Waals surface area contributed by atoms with Crippen LogP contribution in [-0.2, 0) is 36.0 Å². The minimum absolute atomic E-state index is 0.0918. The largest absolute Gasteiger partial charge is 0.491 e. The third-order valence-electron chi connectivity index (χ3n) is 8.33. The average Bonchev–Trinajstić information content (AvgIpc) is 3.44. The van der Waals surface area contributed by atoms with E-state index in [-0.39, 0.29) is 18.9 Å². The van der Waals surface area contributed by atoms with Crippen molar-refractivity contribution in [3.63, 3.8) is 0 Å². The molecule has 0 N–H and O–H groups in total. The highest BCUT2D eigenvalue weighted by Crippen LogP contribution is 2.41. The van der Waals surface area contributed by atoms with Gasteiger partial charge in [0.15, 0.2) is 5.78 Å². The van der Waals surface area contributed by atoms with Crippen LogP contribution in [0.2, 0.25) is 0 Å². The number of anilines is 1. The zero-order chi connectivity index (χ0) is 32.1. The van der Waals surface area contributed by atoms with E-state index in [1.807, 2.05) is 65.9 Å². The van der Waals surface area contributed by atoms with Gasteiger partial charge in [-0.2, -0.15) is 0 Å². The molecule has 238 valence electrons. The van der Waals surface area contributed by atoms with Crippen LogP contribution in [0.1, 0.15) is 44.8 Å². The first-order valence-corrected chi connectivity index (χ1v) is 19.0. The Morgan fingerprint density at radius 2 is 1.57 bits per heavy atom. The molecule has 4 aromatic carbocycles. The lowest BCUT2D eigenvalue weighted by Gasteiger charge is -2.25. The lowest BCUT2D eigenvalue weighted by atomic mass is 9.96. The topological polar surface area (TPSA) is 66.9 Å². The van der Waals surface area contributed by atoms with Crippen molar-refractivity contribution >= 4 is 58.8 Å². The summed E-state index contributed by atoms with van der Waals surface area (Å²) < 4.78 is 35.4. The number of fused-ring (bicyclic) bond motifs is 3. The second-order valence-corrected chi connectivity index (χ2v) is 15.6. The number of sulfonamides is 1. The predicted octanol–water partition coefficient (Wildman–Crippen LogP) is 8.27. The first-order chi connectivity index (χ1) is 22.3. The summed E-state index contributed by atoms with van der Waals surface area (Å²) in [5.74, 6) is 0.811. The monoisotopic (exact) mass is 716 g/mol. The Balaban J connectivity index is 1.20. The van der Waals surface area contributed by atoms with E-state index in [1.165, 1.54) is 43.9 Å². The van der Waals surface area contributed by atoms with Gasteiger partial charge in [-0.25, -0.2) is 8.42 Å². The maximum Gasteiger partial charge on any atom is 0.232 e. The summed E-state index contributed by atoms with van der Waals surface area (Å²) in [6, 6.07) is 31.0. The van der Waals surface area contributed by atoms with Crippen molar-refractivity contribution < 1.29 is 17.9 Å². The van der Waals surface area contributed by atoms with Crippen LogP contribution >= 0.6 is 27.3 Å². The van der Waals surface area contributed by atoms with Crippen molar-refractivity contribution in [3.8, 4) is 5.75 Å². The van der Waals surface area contributed by atoms with Gasteiger partial charge in [0.1, 0.15) is 12.4 Å². The van der Waals surface area contributed by atoms with E-state index in [0.717, 1.165) is 29.7 Å². The molecule has 6 nitrogen and oxygen atoms in total. The van der Waals surface area contributed by atoms with Crippen LogP contribution in [-0.4, -0.2) is 45.1 Å². The Labute approximate surface area is 283 Å². The molecule has 1 heterocycles. The molecule has 0 fully saturated rings. The van der Waals surface area contributed by atoms with Gasteiger partial charge in [-0.15, -0.1) is 11.3 Å². The molecule has 0 atom stereocenters. The maximum absolute atomic E-state index is 13.8. The molecule has 0 bridgehead atoms. The molecule has 1 aliphatic carbocycles. The van der Waals surface area contributed by atoms with Gasteiger partial charge in [0.2, 0.25) is 10.0 Å². The number of carbonyl (C=O) groups is 1. The SMILES string of the molecule is CS(=O)(=O)N(Cc1ccccc1)c1cc(C(=O)CN(CCOc2cccc3c4c(sc23)CCCC4)Cc2ccccc2)ccc1Br. The Morgan fingerprint density at radius 3 is 2.28 bits per heavy atom. The van der Waals surface area contributed by atoms with Crippen molar-refractivity contribution in [2.75, 3.05) is 30.3 Å². The van der Waals surface area contributed by atoms with Gasteiger partial charge in [0.25, 0.3) is 0 Å². The summed E-state index contributed by atoms with van der Waals surface area (Å²) in [5, 5.41) is 1.31. The molecular weight excluding hydrogens is 680 g/mol. The van der Waals surface area contributed by atoms with Crippen molar-refractivity contribution in [1.82, 2.24) is 4.90 Å². The highest BCUT2D eigenvalue weighted by atomic mass is 79.9. The maximum atomic E-state index is 13.8. The molecule has 0 unspecified atom stereocenters. The fraction of sp³-hybridized carbons (Fsp3) is 0.270. The number of nitrogens with zero attached hydrogens (tertiary/aromatic N) is 2. The zero-order valence-corrected chi connectivity index (χ0v) is 29.0. The molecular formula is C37H37BrN2O4S2. The van der Waals surface area contributed by atoms with Crippen LogP contribution in [0.4, 0.5) is 5.69 Å². The summed E-state index contributed by atoms with van der Waals surface area (Å²) >= 11 is 5.39. The summed E-state index contributed by atoms with van der Waals surface area (Å²) in [4.78, 5) is 17.4. The first kappa shape index (κ1) is 32.4. The molecule has 1 aliphatic rings. The quantitative estimate of drug-likeness (QED) is 0.115.